The van der Waals surface area contributed by atoms with E-state index in [1.165, 1.54) is 36.4 Å². The van der Waals surface area contributed by atoms with Crippen LogP contribution >= 0.6 is 0 Å². The van der Waals surface area contributed by atoms with Crippen LogP contribution in [0, 0.1) is 0 Å². The second-order valence-corrected chi connectivity index (χ2v) is 8.58. The third-order valence-corrected chi connectivity index (χ3v) is 6.39. The van der Waals surface area contributed by atoms with E-state index in [9.17, 15) is 30.0 Å². The number of phenolic OH excluding ortho intramolecular Hbond substituents is 2. The summed E-state index contributed by atoms with van der Waals surface area (Å²) in [6.07, 6.45) is 0. The van der Waals surface area contributed by atoms with Crippen LogP contribution < -0.4 is 69.3 Å². The number of aromatic hydroxyl groups is 2. The third kappa shape index (κ3) is 5.42. The third-order valence-electron chi connectivity index (χ3n) is 6.39. The number of carbonyl (C=O) groups is 2. The number of hydrogen-bond donors (Lipinski definition) is 4. The van der Waals surface area contributed by atoms with Gasteiger partial charge in [-0.3, -0.25) is 0 Å². The molecule has 0 saturated heterocycles. The molecular formula is C30H18Na2O8. The zero-order valence-corrected chi connectivity index (χ0v) is 25.5. The molecular weight excluding hydrogens is 534 g/mol. The average Bonchev–Trinajstić information content (AvgIpc) is 2.94. The van der Waals surface area contributed by atoms with Crippen molar-refractivity contribution in [2.24, 2.45) is 0 Å². The van der Waals surface area contributed by atoms with Gasteiger partial charge in [0.1, 0.15) is 11.5 Å². The Kier molecular flexibility index (Phi) is 9.58. The number of fused-ring (bicyclic) bond motifs is 4. The molecule has 0 unspecified atom stereocenters. The predicted octanol–water partition coefficient (Wildman–Crippen LogP) is -1.05. The largest absolute Gasteiger partial charge is 1.00 e. The standard InChI is InChI=1S/2C15H10O4.2Na/c2*16-13-9-3-1-2-4-10(9)14(17)12-7-8(15(18)19)5-6-11(12)13;;/h2*1-7,16-17H,(H,18,19);;/q;;2*+1/p-2. The van der Waals surface area contributed by atoms with E-state index in [2.05, 4.69) is 0 Å². The Morgan fingerprint density at radius 2 is 0.775 bits per heavy atom. The van der Waals surface area contributed by atoms with Crippen LogP contribution in [0.3, 0.4) is 0 Å². The van der Waals surface area contributed by atoms with Crippen molar-refractivity contribution >= 4 is 55.0 Å². The summed E-state index contributed by atoms with van der Waals surface area (Å²) in [7, 11) is 0. The maximum absolute atomic E-state index is 12.3. The molecule has 0 atom stereocenters. The van der Waals surface area contributed by atoms with Gasteiger partial charge in [-0.1, -0.05) is 60.0 Å². The van der Waals surface area contributed by atoms with Crippen molar-refractivity contribution in [3.05, 3.63) is 96.1 Å². The molecule has 0 heterocycles. The first-order valence-electron chi connectivity index (χ1n) is 11.3. The fourth-order valence-electron chi connectivity index (χ4n) is 4.50. The summed E-state index contributed by atoms with van der Waals surface area (Å²) in [5, 5.41) is 65.8. The molecule has 6 rings (SSSR count). The first-order chi connectivity index (χ1) is 18.2. The fraction of sp³-hybridized carbons (Fsp3) is 0. The summed E-state index contributed by atoms with van der Waals surface area (Å²) in [6, 6.07) is 21.7. The van der Waals surface area contributed by atoms with E-state index in [1.807, 2.05) is 0 Å². The number of benzene rings is 6. The van der Waals surface area contributed by atoms with Gasteiger partial charge in [0.2, 0.25) is 0 Å². The number of rotatable bonds is 2. The minimum atomic E-state index is -1.10. The molecule has 10 heteroatoms. The Bertz CT molecular complexity index is 1790. The summed E-state index contributed by atoms with van der Waals surface area (Å²) in [4.78, 5) is 21.9. The van der Waals surface area contributed by atoms with Gasteiger partial charge in [-0.05, 0) is 57.9 Å². The molecule has 188 valence electrons. The summed E-state index contributed by atoms with van der Waals surface area (Å²) in [5.41, 5.74) is 0.0542. The number of hydrogen-bond acceptors (Lipinski definition) is 6. The monoisotopic (exact) mass is 552 g/mol. The molecule has 0 fully saturated rings. The van der Waals surface area contributed by atoms with Crippen molar-refractivity contribution in [3.8, 4) is 23.0 Å². The molecule has 0 aliphatic rings. The summed E-state index contributed by atoms with van der Waals surface area (Å²) >= 11 is 0. The number of carboxylic acid groups (broad SMARTS) is 2. The van der Waals surface area contributed by atoms with Crippen LogP contribution in [0.4, 0.5) is 0 Å². The van der Waals surface area contributed by atoms with Gasteiger partial charge in [0, 0.05) is 21.5 Å². The number of carboxylic acids is 2. The van der Waals surface area contributed by atoms with Crippen molar-refractivity contribution in [3.63, 3.8) is 0 Å². The molecule has 4 N–H and O–H groups in total. The zero-order chi connectivity index (χ0) is 27.1. The van der Waals surface area contributed by atoms with Gasteiger partial charge in [0.05, 0.1) is 11.1 Å². The zero-order valence-electron chi connectivity index (χ0n) is 21.5. The van der Waals surface area contributed by atoms with Crippen molar-refractivity contribution in [2.45, 2.75) is 0 Å². The van der Waals surface area contributed by atoms with Crippen molar-refractivity contribution in [1.29, 1.82) is 0 Å². The second-order valence-electron chi connectivity index (χ2n) is 8.58. The van der Waals surface area contributed by atoms with Gasteiger partial charge < -0.3 is 30.6 Å². The summed E-state index contributed by atoms with van der Waals surface area (Å²) in [6.45, 7) is 0. The van der Waals surface area contributed by atoms with Gasteiger partial charge in [-0.2, -0.15) is 0 Å². The molecule has 0 bridgehead atoms. The van der Waals surface area contributed by atoms with Crippen LogP contribution in [0.2, 0.25) is 0 Å². The first kappa shape index (κ1) is 31.0. The Hall–Kier alpha value is -3.50. The number of aromatic carboxylic acids is 2. The van der Waals surface area contributed by atoms with Crippen LogP contribution in [-0.2, 0) is 0 Å². The van der Waals surface area contributed by atoms with Crippen LogP contribution in [0.25, 0.3) is 43.1 Å². The molecule has 8 nitrogen and oxygen atoms in total. The number of phenols is 2. The van der Waals surface area contributed by atoms with Crippen LogP contribution in [0.15, 0.2) is 84.9 Å². The van der Waals surface area contributed by atoms with Gasteiger partial charge >= 0.3 is 71.1 Å². The van der Waals surface area contributed by atoms with E-state index in [1.54, 1.807) is 48.5 Å². The summed E-state index contributed by atoms with van der Waals surface area (Å²) < 4.78 is 0. The predicted molar refractivity (Wildman–Crippen MR) is 139 cm³/mol. The van der Waals surface area contributed by atoms with E-state index in [0.717, 1.165) is 0 Å². The Morgan fingerprint density at radius 1 is 0.475 bits per heavy atom. The normalized spacial score (nSPS) is 10.4. The molecule has 0 amide bonds. The van der Waals surface area contributed by atoms with Crippen molar-refractivity contribution in [2.75, 3.05) is 0 Å². The molecule has 0 radical (unpaired) electrons. The Labute approximate surface area is 271 Å². The molecule has 0 aromatic heterocycles. The van der Waals surface area contributed by atoms with Crippen molar-refractivity contribution in [1.82, 2.24) is 0 Å². The quantitative estimate of drug-likeness (QED) is 0.156. The maximum Gasteiger partial charge on any atom is 1.00 e. The molecule has 0 saturated carbocycles. The average molecular weight is 552 g/mol. The minimum absolute atomic E-state index is 0. The second kappa shape index (κ2) is 12.3. The SMILES string of the molecule is O=C(O)c1ccc2c(O)c3ccccc3c([O-])c2c1.O=C(O)c1ccc2c(O)c3ccccc3c([O-])c2c1.[Na+].[Na+]. The van der Waals surface area contributed by atoms with E-state index < -0.39 is 11.9 Å². The molecule has 0 aliphatic heterocycles. The van der Waals surface area contributed by atoms with Crippen molar-refractivity contribution < 1.29 is 99.3 Å². The topological polar surface area (TPSA) is 161 Å². The smallest absolute Gasteiger partial charge is 0.872 e. The van der Waals surface area contributed by atoms with Gasteiger partial charge in [-0.25, -0.2) is 9.59 Å². The molecule has 6 aromatic rings. The molecule has 6 aromatic carbocycles. The Balaban J connectivity index is 0.000000210. The van der Waals surface area contributed by atoms with Gasteiger partial charge in [-0.15, -0.1) is 0 Å². The molecule has 0 aliphatic carbocycles. The fourth-order valence-corrected chi connectivity index (χ4v) is 4.50. The van der Waals surface area contributed by atoms with E-state index in [4.69, 9.17) is 10.2 Å². The van der Waals surface area contributed by atoms with Crippen LogP contribution in [0.5, 0.6) is 23.0 Å². The minimum Gasteiger partial charge on any atom is -0.872 e. The van der Waals surface area contributed by atoms with Crippen LogP contribution in [0.1, 0.15) is 20.7 Å². The van der Waals surface area contributed by atoms with Gasteiger partial charge in [0.15, 0.2) is 0 Å². The van der Waals surface area contributed by atoms with Crippen LogP contribution in [-0.4, -0.2) is 32.4 Å². The molecule has 40 heavy (non-hydrogen) atoms. The Morgan fingerprint density at radius 3 is 1.10 bits per heavy atom. The first-order valence-corrected chi connectivity index (χ1v) is 11.3. The summed E-state index contributed by atoms with van der Waals surface area (Å²) in [5.74, 6) is -2.75. The van der Waals surface area contributed by atoms with Gasteiger partial charge in [0.25, 0.3) is 0 Å². The maximum atomic E-state index is 12.3. The molecule has 0 spiro atoms. The van der Waals surface area contributed by atoms with E-state index >= 15 is 0 Å². The van der Waals surface area contributed by atoms with E-state index in [0.29, 0.717) is 32.3 Å². The van der Waals surface area contributed by atoms with E-state index in [-0.39, 0.29) is 104 Å².